The SMILES string of the molecule is COc1ccc2oc(C(=O)NCCN3C[C@@H](C)O[C@H](C)C3)c(C)c2c1. The number of rotatable bonds is 5. The van der Waals surface area contributed by atoms with E-state index in [2.05, 4.69) is 24.1 Å². The van der Waals surface area contributed by atoms with Crippen LogP contribution in [0.1, 0.15) is 30.0 Å². The van der Waals surface area contributed by atoms with E-state index >= 15 is 0 Å². The molecule has 1 amide bonds. The van der Waals surface area contributed by atoms with Crippen molar-refractivity contribution >= 4 is 16.9 Å². The highest BCUT2D eigenvalue weighted by atomic mass is 16.5. The Kier molecular flexibility index (Phi) is 5.30. The number of nitrogens with one attached hydrogen (secondary N) is 1. The fraction of sp³-hybridized carbons (Fsp3) is 0.526. The van der Waals surface area contributed by atoms with Crippen LogP contribution in [-0.2, 0) is 4.74 Å². The third-order valence-electron chi connectivity index (χ3n) is 4.56. The summed E-state index contributed by atoms with van der Waals surface area (Å²) >= 11 is 0. The predicted octanol–water partition coefficient (Wildman–Crippen LogP) is 2.59. The molecule has 3 rings (SSSR count). The summed E-state index contributed by atoms with van der Waals surface area (Å²) in [6, 6.07) is 5.55. The number of ether oxygens (including phenoxy) is 2. The second kappa shape index (κ2) is 7.45. The first kappa shape index (κ1) is 17.8. The summed E-state index contributed by atoms with van der Waals surface area (Å²) in [5, 5.41) is 3.86. The number of nitrogens with zero attached hydrogens (tertiary/aromatic N) is 1. The number of hydrogen-bond donors (Lipinski definition) is 1. The van der Waals surface area contributed by atoms with Crippen molar-refractivity contribution in [2.24, 2.45) is 0 Å². The topological polar surface area (TPSA) is 63.9 Å². The Bertz CT molecular complexity index is 745. The lowest BCUT2D eigenvalue weighted by molar-refractivity contribution is -0.0672. The number of morpholine rings is 1. The molecule has 1 fully saturated rings. The molecule has 0 aliphatic carbocycles. The van der Waals surface area contributed by atoms with Gasteiger partial charge in [-0.25, -0.2) is 0 Å². The standard InChI is InChI=1S/C19H26N2O4/c1-12-10-21(11-13(2)24-12)8-7-20-19(22)18-14(3)16-9-15(23-4)5-6-17(16)25-18/h5-6,9,12-13H,7-8,10-11H2,1-4H3,(H,20,22)/t12-,13-/m1/s1. The van der Waals surface area contributed by atoms with Gasteiger partial charge in [0.15, 0.2) is 5.76 Å². The maximum atomic E-state index is 12.5. The van der Waals surface area contributed by atoms with Gasteiger partial charge in [0.05, 0.1) is 19.3 Å². The fourth-order valence-electron chi connectivity index (χ4n) is 3.42. The number of amides is 1. The van der Waals surface area contributed by atoms with Gasteiger partial charge in [-0.2, -0.15) is 0 Å². The molecule has 25 heavy (non-hydrogen) atoms. The van der Waals surface area contributed by atoms with Crippen LogP contribution in [0.5, 0.6) is 5.75 Å². The number of fused-ring (bicyclic) bond motifs is 1. The Morgan fingerprint density at radius 3 is 2.72 bits per heavy atom. The smallest absolute Gasteiger partial charge is 0.287 e. The van der Waals surface area contributed by atoms with Crippen LogP contribution in [0, 0.1) is 6.92 Å². The van der Waals surface area contributed by atoms with Crippen molar-refractivity contribution in [2.45, 2.75) is 33.0 Å². The van der Waals surface area contributed by atoms with Crippen molar-refractivity contribution in [3.8, 4) is 5.75 Å². The summed E-state index contributed by atoms with van der Waals surface area (Å²) in [6.07, 6.45) is 0.457. The lowest BCUT2D eigenvalue weighted by Gasteiger charge is -2.35. The number of benzene rings is 1. The minimum Gasteiger partial charge on any atom is -0.497 e. The van der Waals surface area contributed by atoms with E-state index in [0.29, 0.717) is 17.9 Å². The predicted molar refractivity (Wildman–Crippen MR) is 96.3 cm³/mol. The Hall–Kier alpha value is -2.05. The molecule has 0 radical (unpaired) electrons. The molecule has 1 N–H and O–H groups in total. The maximum Gasteiger partial charge on any atom is 0.287 e. The molecule has 0 bridgehead atoms. The highest BCUT2D eigenvalue weighted by Gasteiger charge is 2.22. The molecule has 6 heteroatoms. The quantitative estimate of drug-likeness (QED) is 0.901. The summed E-state index contributed by atoms with van der Waals surface area (Å²) in [5.74, 6) is 0.938. The van der Waals surface area contributed by atoms with Crippen LogP contribution in [-0.4, -0.2) is 56.3 Å². The minimum absolute atomic E-state index is 0.179. The largest absolute Gasteiger partial charge is 0.497 e. The number of hydrogen-bond acceptors (Lipinski definition) is 5. The van der Waals surface area contributed by atoms with Crippen molar-refractivity contribution in [1.29, 1.82) is 0 Å². The van der Waals surface area contributed by atoms with Gasteiger partial charge in [-0.3, -0.25) is 9.69 Å². The van der Waals surface area contributed by atoms with E-state index in [1.54, 1.807) is 7.11 Å². The third-order valence-corrected chi connectivity index (χ3v) is 4.56. The van der Waals surface area contributed by atoms with Crippen molar-refractivity contribution in [3.63, 3.8) is 0 Å². The van der Waals surface area contributed by atoms with Gasteiger partial charge in [0.25, 0.3) is 5.91 Å². The van der Waals surface area contributed by atoms with Crippen molar-refractivity contribution in [3.05, 3.63) is 29.5 Å². The van der Waals surface area contributed by atoms with E-state index in [0.717, 1.165) is 36.3 Å². The lowest BCUT2D eigenvalue weighted by Crippen LogP contribution is -2.47. The van der Waals surface area contributed by atoms with Gasteiger partial charge in [-0.05, 0) is 39.0 Å². The van der Waals surface area contributed by atoms with Gasteiger partial charge >= 0.3 is 0 Å². The maximum absolute atomic E-state index is 12.5. The average Bonchev–Trinajstić information content (AvgIpc) is 2.90. The van der Waals surface area contributed by atoms with E-state index in [-0.39, 0.29) is 18.1 Å². The second-order valence-corrected chi connectivity index (χ2v) is 6.69. The number of furan rings is 1. The third kappa shape index (κ3) is 3.96. The molecular weight excluding hydrogens is 320 g/mol. The van der Waals surface area contributed by atoms with Crippen LogP contribution in [0.2, 0.25) is 0 Å². The number of aryl methyl sites for hydroxylation is 1. The molecule has 1 saturated heterocycles. The fourth-order valence-corrected chi connectivity index (χ4v) is 3.42. The minimum atomic E-state index is -0.179. The summed E-state index contributed by atoms with van der Waals surface area (Å²) in [7, 11) is 1.62. The van der Waals surface area contributed by atoms with Crippen LogP contribution in [0.3, 0.4) is 0 Å². The number of methoxy groups -OCH3 is 1. The van der Waals surface area contributed by atoms with Gasteiger partial charge in [0.1, 0.15) is 11.3 Å². The van der Waals surface area contributed by atoms with Crippen molar-refractivity contribution < 1.29 is 18.7 Å². The number of carbonyl (C=O) groups excluding carboxylic acids is 1. The van der Waals surface area contributed by atoms with E-state index in [4.69, 9.17) is 13.9 Å². The van der Waals surface area contributed by atoms with E-state index in [1.807, 2.05) is 25.1 Å². The van der Waals surface area contributed by atoms with Gasteiger partial charge in [0, 0.05) is 37.1 Å². The first-order chi connectivity index (χ1) is 12.0. The molecule has 0 unspecified atom stereocenters. The summed E-state index contributed by atoms with van der Waals surface area (Å²) < 4.78 is 16.7. The van der Waals surface area contributed by atoms with Crippen LogP contribution in [0.4, 0.5) is 0 Å². The number of carbonyl (C=O) groups is 1. The molecule has 2 aromatic rings. The molecule has 1 aromatic carbocycles. The van der Waals surface area contributed by atoms with E-state index in [9.17, 15) is 4.79 Å². The summed E-state index contributed by atoms with van der Waals surface area (Å²) in [4.78, 5) is 14.8. The second-order valence-electron chi connectivity index (χ2n) is 6.69. The van der Waals surface area contributed by atoms with Gasteiger partial charge < -0.3 is 19.2 Å². The molecule has 1 aliphatic heterocycles. The lowest BCUT2D eigenvalue weighted by atomic mass is 10.1. The Morgan fingerprint density at radius 2 is 2.04 bits per heavy atom. The summed E-state index contributed by atoms with van der Waals surface area (Å²) in [5.41, 5.74) is 1.53. The van der Waals surface area contributed by atoms with Gasteiger partial charge in [-0.15, -0.1) is 0 Å². The zero-order valence-corrected chi connectivity index (χ0v) is 15.3. The summed E-state index contributed by atoms with van der Waals surface area (Å²) in [6.45, 7) is 9.22. The van der Waals surface area contributed by atoms with Crippen LogP contribution in [0.25, 0.3) is 11.0 Å². The highest BCUT2D eigenvalue weighted by Crippen LogP contribution is 2.28. The molecular formula is C19H26N2O4. The van der Waals surface area contributed by atoms with Gasteiger partial charge in [0.2, 0.25) is 0 Å². The monoisotopic (exact) mass is 346 g/mol. The van der Waals surface area contributed by atoms with Gasteiger partial charge in [-0.1, -0.05) is 0 Å². The molecule has 0 spiro atoms. The van der Waals surface area contributed by atoms with Crippen molar-refractivity contribution in [1.82, 2.24) is 10.2 Å². The van der Waals surface area contributed by atoms with Crippen LogP contribution >= 0.6 is 0 Å². The molecule has 1 aromatic heterocycles. The molecule has 136 valence electrons. The van der Waals surface area contributed by atoms with Crippen LogP contribution in [0.15, 0.2) is 22.6 Å². The first-order valence-electron chi connectivity index (χ1n) is 8.71. The Morgan fingerprint density at radius 1 is 1.32 bits per heavy atom. The molecule has 2 heterocycles. The van der Waals surface area contributed by atoms with Crippen molar-refractivity contribution in [2.75, 3.05) is 33.3 Å². The molecule has 1 aliphatic rings. The van der Waals surface area contributed by atoms with Crippen LogP contribution < -0.4 is 10.1 Å². The van der Waals surface area contributed by atoms with E-state index < -0.39 is 0 Å². The van der Waals surface area contributed by atoms with E-state index in [1.165, 1.54) is 0 Å². The first-order valence-corrected chi connectivity index (χ1v) is 8.71. The molecule has 0 saturated carbocycles. The normalized spacial score (nSPS) is 21.4. The molecule has 6 nitrogen and oxygen atoms in total. The average molecular weight is 346 g/mol. The Labute approximate surface area is 148 Å². The zero-order valence-electron chi connectivity index (χ0n) is 15.3. The molecule has 2 atom stereocenters. The highest BCUT2D eigenvalue weighted by molar-refractivity contribution is 5.99. The zero-order chi connectivity index (χ0) is 18.0. The Balaban J connectivity index is 1.61.